The fourth-order valence-electron chi connectivity index (χ4n) is 2.95. The second-order valence-electron chi connectivity index (χ2n) is 7.33. The molecule has 0 unspecified atom stereocenters. The van der Waals surface area contributed by atoms with Gasteiger partial charge in [-0.25, -0.2) is 18.1 Å². The van der Waals surface area contributed by atoms with E-state index in [-0.39, 0.29) is 17.7 Å². The molecule has 2 aromatic carbocycles. The van der Waals surface area contributed by atoms with Gasteiger partial charge in [0, 0.05) is 18.2 Å². The van der Waals surface area contributed by atoms with Crippen LogP contribution in [0.1, 0.15) is 40.3 Å². The van der Waals surface area contributed by atoms with Crippen molar-refractivity contribution in [3.8, 4) is 10.6 Å². The summed E-state index contributed by atoms with van der Waals surface area (Å²) in [6.45, 7) is 5.76. The Kier molecular flexibility index (Phi) is 7.02. The molecule has 0 aliphatic carbocycles. The van der Waals surface area contributed by atoms with Gasteiger partial charge in [0.05, 0.1) is 11.4 Å². The highest BCUT2D eigenvalue weighted by molar-refractivity contribution is 7.88. The van der Waals surface area contributed by atoms with E-state index in [9.17, 15) is 13.2 Å². The smallest absolute Gasteiger partial charge is 0.263 e. The quantitative estimate of drug-likeness (QED) is 0.553. The van der Waals surface area contributed by atoms with Crippen LogP contribution in [0.25, 0.3) is 10.6 Å². The Morgan fingerprint density at radius 3 is 2.30 bits per heavy atom. The maximum Gasteiger partial charge on any atom is 0.263 e. The van der Waals surface area contributed by atoms with Gasteiger partial charge in [0.15, 0.2) is 0 Å². The Hall–Kier alpha value is -2.55. The minimum Gasteiger partial charge on any atom is -0.347 e. The van der Waals surface area contributed by atoms with Crippen molar-refractivity contribution in [3.63, 3.8) is 0 Å². The fourth-order valence-corrected chi connectivity index (χ4v) is 5.37. The van der Waals surface area contributed by atoms with E-state index in [1.54, 1.807) is 26.0 Å². The summed E-state index contributed by atoms with van der Waals surface area (Å²) in [6.07, 6.45) is 0. The van der Waals surface area contributed by atoms with Gasteiger partial charge in [-0.05, 0) is 31.9 Å². The summed E-state index contributed by atoms with van der Waals surface area (Å²) < 4.78 is 26.6. The van der Waals surface area contributed by atoms with Crippen molar-refractivity contribution < 1.29 is 13.2 Å². The molecule has 6 nitrogen and oxygen atoms in total. The lowest BCUT2D eigenvalue weighted by molar-refractivity contribution is 0.0954. The van der Waals surface area contributed by atoms with E-state index < -0.39 is 10.0 Å². The summed E-state index contributed by atoms with van der Waals surface area (Å²) in [4.78, 5) is 17.7. The van der Waals surface area contributed by atoms with Crippen molar-refractivity contribution in [1.29, 1.82) is 0 Å². The SMILES string of the molecule is Cc1nc(-c2ccccc2)sc1C(=O)NCc1ccc(CS(=O)(=O)NC(C)C)cc1. The molecule has 3 rings (SSSR count). The van der Waals surface area contributed by atoms with Crippen molar-refractivity contribution in [2.45, 2.75) is 39.1 Å². The van der Waals surface area contributed by atoms with Gasteiger partial charge in [-0.3, -0.25) is 4.79 Å². The van der Waals surface area contributed by atoms with Crippen molar-refractivity contribution >= 4 is 27.3 Å². The topological polar surface area (TPSA) is 88.2 Å². The molecule has 1 heterocycles. The van der Waals surface area contributed by atoms with E-state index in [4.69, 9.17) is 0 Å². The molecule has 1 amide bonds. The summed E-state index contributed by atoms with van der Waals surface area (Å²) in [5.41, 5.74) is 3.28. The molecule has 8 heteroatoms. The van der Waals surface area contributed by atoms with Crippen LogP contribution in [0.15, 0.2) is 54.6 Å². The molecule has 0 aliphatic rings. The first kappa shape index (κ1) is 22.1. The zero-order valence-corrected chi connectivity index (χ0v) is 18.8. The lowest BCUT2D eigenvalue weighted by atomic mass is 10.1. The van der Waals surface area contributed by atoms with Crippen LogP contribution in [0.3, 0.4) is 0 Å². The van der Waals surface area contributed by atoms with Crippen molar-refractivity contribution in [2.24, 2.45) is 0 Å². The maximum atomic E-state index is 12.6. The van der Waals surface area contributed by atoms with Gasteiger partial charge in [-0.1, -0.05) is 54.6 Å². The molecular formula is C22H25N3O3S2. The summed E-state index contributed by atoms with van der Waals surface area (Å²) in [5.74, 6) is -0.236. The van der Waals surface area contributed by atoms with Crippen LogP contribution in [-0.2, 0) is 22.3 Å². The standard InChI is InChI=1S/C22H25N3O3S2/c1-15(2)25-30(27,28)14-18-11-9-17(10-12-18)13-23-21(26)20-16(3)24-22(29-20)19-7-5-4-6-8-19/h4-12,15,25H,13-14H2,1-3H3,(H,23,26). The van der Waals surface area contributed by atoms with Crippen LogP contribution in [0.4, 0.5) is 0 Å². The first-order chi connectivity index (χ1) is 14.2. The third-order valence-corrected chi connectivity index (χ3v) is 7.02. The average molecular weight is 444 g/mol. The second-order valence-corrected chi connectivity index (χ2v) is 10.1. The number of carbonyl (C=O) groups is 1. The molecule has 0 fully saturated rings. The molecule has 0 atom stereocenters. The number of sulfonamides is 1. The molecule has 0 radical (unpaired) electrons. The molecule has 2 N–H and O–H groups in total. The summed E-state index contributed by atoms with van der Waals surface area (Å²) in [7, 11) is -3.36. The lowest BCUT2D eigenvalue weighted by Crippen LogP contribution is -2.31. The number of nitrogens with one attached hydrogen (secondary N) is 2. The molecule has 30 heavy (non-hydrogen) atoms. The number of benzene rings is 2. The van der Waals surface area contributed by atoms with Gasteiger partial charge in [0.1, 0.15) is 9.88 Å². The Morgan fingerprint density at radius 1 is 1.03 bits per heavy atom. The Balaban J connectivity index is 1.61. The van der Waals surface area contributed by atoms with Crippen LogP contribution < -0.4 is 10.0 Å². The third kappa shape index (κ3) is 5.98. The largest absolute Gasteiger partial charge is 0.347 e. The zero-order valence-electron chi connectivity index (χ0n) is 17.2. The van der Waals surface area contributed by atoms with Crippen LogP contribution in [0.2, 0.25) is 0 Å². The van der Waals surface area contributed by atoms with E-state index in [1.807, 2.05) is 49.4 Å². The number of rotatable bonds is 8. The third-order valence-electron chi connectivity index (χ3n) is 4.27. The van der Waals surface area contributed by atoms with E-state index in [2.05, 4.69) is 15.0 Å². The number of amides is 1. The number of hydrogen-bond acceptors (Lipinski definition) is 5. The average Bonchev–Trinajstić information content (AvgIpc) is 3.08. The number of carbonyl (C=O) groups excluding carboxylic acids is 1. The van der Waals surface area contributed by atoms with Crippen molar-refractivity contribution in [1.82, 2.24) is 15.0 Å². The lowest BCUT2D eigenvalue weighted by Gasteiger charge is -2.10. The Bertz CT molecular complexity index is 1110. The molecule has 0 bridgehead atoms. The fraction of sp³-hybridized carbons (Fsp3) is 0.273. The zero-order chi connectivity index (χ0) is 21.7. The molecular weight excluding hydrogens is 418 g/mol. The van der Waals surface area contributed by atoms with E-state index >= 15 is 0 Å². The summed E-state index contributed by atoms with van der Waals surface area (Å²) in [5, 5.41) is 3.73. The first-order valence-electron chi connectivity index (χ1n) is 9.62. The van der Waals surface area contributed by atoms with Gasteiger partial charge in [0.25, 0.3) is 5.91 Å². The van der Waals surface area contributed by atoms with Crippen molar-refractivity contribution in [2.75, 3.05) is 0 Å². The second kappa shape index (κ2) is 9.51. The molecule has 158 valence electrons. The van der Waals surface area contributed by atoms with Crippen molar-refractivity contribution in [3.05, 3.63) is 76.3 Å². The van der Waals surface area contributed by atoms with Crippen LogP contribution in [-0.4, -0.2) is 25.4 Å². The van der Waals surface area contributed by atoms with Crippen LogP contribution in [0, 0.1) is 6.92 Å². The molecule has 0 aliphatic heterocycles. The highest BCUT2D eigenvalue weighted by Gasteiger charge is 2.16. The number of hydrogen-bond donors (Lipinski definition) is 2. The van der Waals surface area contributed by atoms with Crippen LogP contribution in [0.5, 0.6) is 0 Å². The predicted octanol–water partition coefficient (Wildman–Crippen LogP) is 3.88. The van der Waals surface area contributed by atoms with Gasteiger partial charge in [-0.15, -0.1) is 11.3 Å². The first-order valence-corrected chi connectivity index (χ1v) is 12.1. The number of aryl methyl sites for hydroxylation is 1. The minimum atomic E-state index is -3.36. The normalized spacial score (nSPS) is 11.6. The number of thiazole rings is 1. The Morgan fingerprint density at radius 2 is 1.67 bits per heavy atom. The molecule has 3 aromatic rings. The molecule has 1 aromatic heterocycles. The summed E-state index contributed by atoms with van der Waals surface area (Å²) >= 11 is 1.37. The van der Waals surface area contributed by atoms with Crippen LogP contribution >= 0.6 is 11.3 Å². The summed E-state index contributed by atoms with van der Waals surface area (Å²) in [6, 6.07) is 16.8. The predicted molar refractivity (Wildman–Crippen MR) is 121 cm³/mol. The highest BCUT2D eigenvalue weighted by Crippen LogP contribution is 2.27. The monoisotopic (exact) mass is 443 g/mol. The Labute approximate surface area is 181 Å². The molecule has 0 spiro atoms. The maximum absolute atomic E-state index is 12.6. The van der Waals surface area contributed by atoms with Gasteiger partial charge < -0.3 is 5.32 Å². The van der Waals surface area contributed by atoms with Gasteiger partial charge in [0.2, 0.25) is 10.0 Å². The number of nitrogens with zero attached hydrogens (tertiary/aromatic N) is 1. The van der Waals surface area contributed by atoms with E-state index in [1.165, 1.54) is 11.3 Å². The highest BCUT2D eigenvalue weighted by atomic mass is 32.2. The minimum absolute atomic E-state index is 0.0693. The van der Waals surface area contributed by atoms with E-state index in [0.717, 1.165) is 16.1 Å². The van der Waals surface area contributed by atoms with Gasteiger partial charge in [-0.2, -0.15) is 0 Å². The molecule has 0 saturated carbocycles. The molecule has 0 saturated heterocycles. The van der Waals surface area contributed by atoms with Gasteiger partial charge >= 0.3 is 0 Å². The number of aromatic nitrogens is 1. The van der Waals surface area contributed by atoms with E-state index in [0.29, 0.717) is 22.7 Å².